The van der Waals surface area contributed by atoms with Gasteiger partial charge < -0.3 is 10.2 Å². The van der Waals surface area contributed by atoms with Crippen LogP contribution in [0.5, 0.6) is 0 Å². The first-order valence-corrected chi connectivity index (χ1v) is 10.1. The van der Waals surface area contributed by atoms with E-state index in [1.165, 1.54) is 0 Å². The van der Waals surface area contributed by atoms with E-state index >= 15 is 0 Å². The summed E-state index contributed by atoms with van der Waals surface area (Å²) in [6.45, 7) is 2.33. The van der Waals surface area contributed by atoms with E-state index in [1.54, 1.807) is 46.2 Å². The van der Waals surface area contributed by atoms with Crippen LogP contribution in [-0.4, -0.2) is 34.8 Å². The number of benzene rings is 2. The zero-order valence-corrected chi connectivity index (χ0v) is 16.9. The second kappa shape index (κ2) is 7.52. The lowest BCUT2D eigenvalue weighted by Crippen LogP contribution is -2.62. The normalized spacial score (nSPS) is 20.5. The lowest BCUT2D eigenvalue weighted by Gasteiger charge is -2.48. The molecule has 1 unspecified atom stereocenters. The van der Waals surface area contributed by atoms with Crippen molar-refractivity contribution in [1.29, 1.82) is 0 Å². The Morgan fingerprint density at radius 3 is 2.62 bits per heavy atom. The van der Waals surface area contributed by atoms with Gasteiger partial charge in [-0.3, -0.25) is 19.3 Å². The molecule has 0 aromatic heterocycles. The largest absolute Gasteiger partial charge is 0.326 e. The topological polar surface area (TPSA) is 69.7 Å². The standard InChI is InChI=1S/C22H22ClN3O3/c1-22-13-12-20(28)26(22)18-6-3-2-5-17(18)21(29)25(22)14-4-7-19(27)24-16-10-8-15(23)9-11-16/h2-3,5-6,8-11H,4,7,12-14H2,1H3,(H,24,27). The summed E-state index contributed by atoms with van der Waals surface area (Å²) in [6.07, 6.45) is 1.78. The van der Waals surface area contributed by atoms with E-state index in [9.17, 15) is 14.4 Å². The van der Waals surface area contributed by atoms with Crippen LogP contribution in [0.15, 0.2) is 48.5 Å². The molecule has 150 valence electrons. The van der Waals surface area contributed by atoms with E-state index in [-0.39, 0.29) is 24.1 Å². The molecule has 0 radical (unpaired) electrons. The Morgan fingerprint density at radius 1 is 1.14 bits per heavy atom. The molecule has 0 aliphatic carbocycles. The predicted molar refractivity (Wildman–Crippen MR) is 112 cm³/mol. The van der Waals surface area contributed by atoms with Gasteiger partial charge in [0.05, 0.1) is 11.3 Å². The number of anilines is 2. The van der Waals surface area contributed by atoms with Crippen molar-refractivity contribution in [3.8, 4) is 0 Å². The van der Waals surface area contributed by atoms with E-state index in [4.69, 9.17) is 11.6 Å². The Morgan fingerprint density at radius 2 is 1.86 bits per heavy atom. The average Bonchev–Trinajstić information content (AvgIpc) is 3.02. The molecule has 1 atom stereocenters. The zero-order chi connectivity index (χ0) is 20.6. The third-order valence-electron chi connectivity index (χ3n) is 5.66. The van der Waals surface area contributed by atoms with Crippen molar-refractivity contribution >= 4 is 40.7 Å². The van der Waals surface area contributed by atoms with Crippen molar-refractivity contribution in [3.63, 3.8) is 0 Å². The fourth-order valence-corrected chi connectivity index (χ4v) is 4.32. The van der Waals surface area contributed by atoms with Gasteiger partial charge in [-0.2, -0.15) is 0 Å². The first-order valence-electron chi connectivity index (χ1n) is 9.69. The number of fused-ring (bicyclic) bond motifs is 3. The van der Waals surface area contributed by atoms with E-state index in [0.29, 0.717) is 47.8 Å². The van der Waals surface area contributed by atoms with Crippen molar-refractivity contribution < 1.29 is 14.4 Å². The molecule has 6 nitrogen and oxygen atoms in total. The molecular formula is C22H22ClN3O3. The number of nitrogens with zero attached hydrogens (tertiary/aromatic N) is 2. The van der Waals surface area contributed by atoms with Gasteiger partial charge in [0.15, 0.2) is 0 Å². The summed E-state index contributed by atoms with van der Waals surface area (Å²) in [6, 6.07) is 14.1. The Balaban J connectivity index is 1.45. The van der Waals surface area contributed by atoms with Crippen molar-refractivity contribution in [2.24, 2.45) is 0 Å². The number of carbonyl (C=O) groups is 3. The van der Waals surface area contributed by atoms with Crippen LogP contribution >= 0.6 is 11.6 Å². The Kier molecular flexibility index (Phi) is 5.04. The molecule has 7 heteroatoms. The highest BCUT2D eigenvalue weighted by Gasteiger charge is 2.52. The van der Waals surface area contributed by atoms with Gasteiger partial charge in [0.2, 0.25) is 11.8 Å². The number of para-hydroxylation sites is 1. The van der Waals surface area contributed by atoms with Gasteiger partial charge in [-0.05, 0) is 56.2 Å². The highest BCUT2D eigenvalue weighted by Crippen LogP contribution is 2.44. The molecule has 0 bridgehead atoms. The number of nitrogens with one attached hydrogen (secondary N) is 1. The third-order valence-corrected chi connectivity index (χ3v) is 5.91. The second-order valence-electron chi connectivity index (χ2n) is 7.58. The fourth-order valence-electron chi connectivity index (χ4n) is 4.20. The number of hydrogen-bond donors (Lipinski definition) is 1. The molecule has 4 rings (SSSR count). The highest BCUT2D eigenvalue weighted by molar-refractivity contribution is 6.30. The zero-order valence-electron chi connectivity index (χ0n) is 16.2. The summed E-state index contributed by atoms with van der Waals surface area (Å²) in [7, 11) is 0. The van der Waals surface area contributed by atoms with Gasteiger partial charge in [-0.15, -0.1) is 0 Å². The van der Waals surface area contributed by atoms with Gasteiger partial charge in [-0.1, -0.05) is 23.7 Å². The van der Waals surface area contributed by atoms with Crippen LogP contribution in [0.3, 0.4) is 0 Å². The van der Waals surface area contributed by atoms with E-state index < -0.39 is 5.66 Å². The molecule has 0 saturated carbocycles. The lowest BCUT2D eigenvalue weighted by molar-refractivity contribution is -0.118. The summed E-state index contributed by atoms with van der Waals surface area (Å²) >= 11 is 5.86. The summed E-state index contributed by atoms with van der Waals surface area (Å²) < 4.78 is 0. The number of halogens is 1. The smallest absolute Gasteiger partial charge is 0.257 e. The van der Waals surface area contributed by atoms with Crippen LogP contribution in [0, 0.1) is 0 Å². The van der Waals surface area contributed by atoms with Crippen LogP contribution in [0.25, 0.3) is 0 Å². The third kappa shape index (κ3) is 3.49. The van der Waals surface area contributed by atoms with Crippen LogP contribution in [0.4, 0.5) is 11.4 Å². The summed E-state index contributed by atoms with van der Waals surface area (Å²) in [5, 5.41) is 3.44. The van der Waals surface area contributed by atoms with E-state index in [0.717, 1.165) is 0 Å². The van der Waals surface area contributed by atoms with Crippen LogP contribution in [-0.2, 0) is 9.59 Å². The molecule has 2 aliphatic rings. The predicted octanol–water partition coefficient (Wildman–Crippen LogP) is 4.06. The maximum atomic E-state index is 13.1. The van der Waals surface area contributed by atoms with Crippen LogP contribution in [0.2, 0.25) is 5.02 Å². The second-order valence-corrected chi connectivity index (χ2v) is 8.02. The maximum absolute atomic E-state index is 13.1. The molecule has 29 heavy (non-hydrogen) atoms. The van der Waals surface area contributed by atoms with Crippen LogP contribution < -0.4 is 10.2 Å². The summed E-state index contributed by atoms with van der Waals surface area (Å²) in [4.78, 5) is 41.5. The number of hydrogen-bond acceptors (Lipinski definition) is 3. The molecule has 3 amide bonds. The SMILES string of the molecule is CC12CCC(=O)N1c1ccccc1C(=O)N2CCCC(=O)Nc1ccc(Cl)cc1. The Labute approximate surface area is 174 Å². The molecule has 2 aromatic carbocycles. The number of amides is 3. The molecule has 2 aromatic rings. The molecule has 0 spiro atoms. The highest BCUT2D eigenvalue weighted by atomic mass is 35.5. The van der Waals surface area contributed by atoms with Gasteiger partial charge in [0.25, 0.3) is 5.91 Å². The summed E-state index contributed by atoms with van der Waals surface area (Å²) in [5.41, 5.74) is 1.21. The monoisotopic (exact) mass is 411 g/mol. The van der Waals surface area contributed by atoms with Gasteiger partial charge in [0.1, 0.15) is 5.66 Å². The van der Waals surface area contributed by atoms with E-state index in [1.807, 2.05) is 19.1 Å². The number of rotatable bonds is 5. The molecule has 1 fully saturated rings. The van der Waals surface area contributed by atoms with Crippen molar-refractivity contribution in [1.82, 2.24) is 4.90 Å². The minimum absolute atomic E-state index is 0.0259. The van der Waals surface area contributed by atoms with Crippen molar-refractivity contribution in [3.05, 3.63) is 59.1 Å². The minimum atomic E-state index is -0.685. The Hall–Kier alpha value is -2.86. The molecule has 1 saturated heterocycles. The van der Waals surface area contributed by atoms with Crippen molar-refractivity contribution in [2.45, 2.75) is 38.3 Å². The first kappa shape index (κ1) is 19.5. The quantitative estimate of drug-likeness (QED) is 0.806. The molecule has 2 heterocycles. The Bertz CT molecular complexity index is 976. The lowest BCUT2D eigenvalue weighted by atomic mass is 9.98. The molecular weight excluding hydrogens is 390 g/mol. The van der Waals surface area contributed by atoms with Crippen LogP contribution in [0.1, 0.15) is 43.0 Å². The first-order chi connectivity index (χ1) is 13.9. The molecule has 2 aliphatic heterocycles. The van der Waals surface area contributed by atoms with E-state index in [2.05, 4.69) is 5.32 Å². The van der Waals surface area contributed by atoms with Gasteiger partial charge in [0, 0.05) is 30.1 Å². The minimum Gasteiger partial charge on any atom is -0.326 e. The molecule has 1 N–H and O–H groups in total. The summed E-state index contributed by atoms with van der Waals surface area (Å²) in [5.74, 6) is -0.188. The van der Waals surface area contributed by atoms with Gasteiger partial charge in [-0.25, -0.2) is 0 Å². The van der Waals surface area contributed by atoms with Gasteiger partial charge >= 0.3 is 0 Å². The fraction of sp³-hybridized carbons (Fsp3) is 0.318. The van der Waals surface area contributed by atoms with Crippen molar-refractivity contribution in [2.75, 3.05) is 16.8 Å². The number of carbonyl (C=O) groups excluding carboxylic acids is 3. The maximum Gasteiger partial charge on any atom is 0.257 e. The average molecular weight is 412 g/mol.